The summed E-state index contributed by atoms with van der Waals surface area (Å²) in [4.78, 5) is 2.50. The maximum atomic E-state index is 2.50. The van der Waals surface area contributed by atoms with Gasteiger partial charge in [0.1, 0.15) is 0 Å². The second kappa shape index (κ2) is 15.1. The zero-order valence-electron chi connectivity index (χ0n) is 33.0. The molecule has 0 saturated carbocycles. The highest BCUT2D eigenvalue weighted by Crippen LogP contribution is 2.49. The lowest BCUT2D eigenvalue weighted by Gasteiger charge is -2.30. The van der Waals surface area contributed by atoms with Gasteiger partial charge in [-0.1, -0.05) is 182 Å². The third-order valence-corrected chi connectivity index (χ3v) is 11.8. The van der Waals surface area contributed by atoms with Crippen molar-refractivity contribution in [2.45, 2.75) is 0 Å². The van der Waals surface area contributed by atoms with Crippen molar-refractivity contribution in [3.05, 3.63) is 243 Å². The SMILES string of the molecule is c1ccc(-c2ccc(N(c3ccc(-c4ccc5ccccc5c4)c(-c4ccccc4)c3)c3cccc4c3c3ccccc3n4-c3ccccc3)c(-c3ccccc3)c2)cc1. The molecule has 0 amide bonds. The van der Waals surface area contributed by atoms with E-state index in [9.17, 15) is 0 Å². The average Bonchev–Trinajstić information content (AvgIpc) is 3.68. The summed E-state index contributed by atoms with van der Waals surface area (Å²) in [7, 11) is 0. The Bertz CT molecular complexity index is 3300. The molecule has 1 aromatic heterocycles. The molecule has 0 bridgehead atoms. The van der Waals surface area contributed by atoms with Gasteiger partial charge in [-0.25, -0.2) is 0 Å². The van der Waals surface area contributed by atoms with E-state index in [0.717, 1.165) is 39.4 Å². The molecule has 10 aromatic carbocycles. The van der Waals surface area contributed by atoms with E-state index in [1.165, 1.54) is 60.4 Å². The Hall–Kier alpha value is -7.94. The van der Waals surface area contributed by atoms with Gasteiger partial charge in [-0.2, -0.15) is 0 Å². The number of fused-ring (bicyclic) bond motifs is 4. The molecule has 0 aliphatic heterocycles. The van der Waals surface area contributed by atoms with Crippen molar-refractivity contribution in [1.29, 1.82) is 0 Å². The second-order valence-corrected chi connectivity index (χ2v) is 15.3. The molecule has 11 rings (SSSR count). The van der Waals surface area contributed by atoms with E-state index in [1.807, 2.05) is 0 Å². The molecule has 0 aliphatic rings. The molecule has 0 fully saturated rings. The molecular weight excluding hydrogens is 725 g/mol. The van der Waals surface area contributed by atoms with Crippen LogP contribution in [0.1, 0.15) is 0 Å². The Morgan fingerprint density at radius 1 is 0.300 bits per heavy atom. The molecule has 0 saturated heterocycles. The average molecular weight is 765 g/mol. The van der Waals surface area contributed by atoms with Gasteiger partial charge in [-0.15, -0.1) is 0 Å². The van der Waals surface area contributed by atoms with Crippen LogP contribution in [0.15, 0.2) is 243 Å². The Balaban J connectivity index is 1.22. The Kier molecular flexibility index (Phi) is 8.87. The first-order valence-electron chi connectivity index (χ1n) is 20.6. The number of nitrogens with zero attached hydrogens (tertiary/aromatic N) is 2. The predicted molar refractivity (Wildman–Crippen MR) is 255 cm³/mol. The minimum Gasteiger partial charge on any atom is -0.309 e. The van der Waals surface area contributed by atoms with Crippen molar-refractivity contribution in [2.75, 3.05) is 4.90 Å². The Morgan fingerprint density at radius 2 is 0.900 bits per heavy atom. The Labute approximate surface area is 350 Å². The first-order chi connectivity index (χ1) is 29.8. The van der Waals surface area contributed by atoms with Crippen LogP contribution in [0, 0.1) is 0 Å². The molecule has 0 radical (unpaired) electrons. The van der Waals surface area contributed by atoms with Crippen LogP contribution in [-0.4, -0.2) is 4.57 Å². The number of para-hydroxylation sites is 2. The first-order valence-corrected chi connectivity index (χ1v) is 20.6. The van der Waals surface area contributed by atoms with Crippen LogP contribution in [0.25, 0.3) is 82.8 Å². The quantitative estimate of drug-likeness (QED) is 0.150. The molecule has 0 atom stereocenters. The zero-order chi connectivity index (χ0) is 39.8. The molecular formula is C58H40N2. The fourth-order valence-electron chi connectivity index (χ4n) is 8.98. The summed E-state index contributed by atoms with van der Waals surface area (Å²) in [6, 6.07) is 88.1. The molecule has 282 valence electrons. The lowest BCUT2D eigenvalue weighted by Crippen LogP contribution is -2.12. The summed E-state index contributed by atoms with van der Waals surface area (Å²) in [5.41, 5.74) is 16.2. The van der Waals surface area contributed by atoms with Crippen molar-refractivity contribution in [3.63, 3.8) is 0 Å². The minimum atomic E-state index is 1.08. The van der Waals surface area contributed by atoms with Gasteiger partial charge in [-0.3, -0.25) is 0 Å². The van der Waals surface area contributed by atoms with Crippen molar-refractivity contribution < 1.29 is 0 Å². The van der Waals surface area contributed by atoms with Crippen molar-refractivity contribution >= 4 is 49.6 Å². The molecule has 11 aromatic rings. The lowest BCUT2D eigenvalue weighted by atomic mass is 9.92. The highest BCUT2D eigenvalue weighted by Gasteiger charge is 2.24. The molecule has 2 heteroatoms. The maximum Gasteiger partial charge on any atom is 0.0562 e. The van der Waals surface area contributed by atoms with E-state index < -0.39 is 0 Å². The molecule has 2 nitrogen and oxygen atoms in total. The Morgan fingerprint density at radius 3 is 1.65 bits per heavy atom. The molecule has 0 spiro atoms. The highest BCUT2D eigenvalue weighted by molar-refractivity contribution is 6.17. The topological polar surface area (TPSA) is 8.17 Å². The van der Waals surface area contributed by atoms with Gasteiger partial charge >= 0.3 is 0 Å². The minimum absolute atomic E-state index is 1.08. The summed E-state index contributed by atoms with van der Waals surface area (Å²) in [6.07, 6.45) is 0. The van der Waals surface area contributed by atoms with Gasteiger partial charge in [0.15, 0.2) is 0 Å². The molecule has 1 heterocycles. The molecule has 0 unspecified atom stereocenters. The van der Waals surface area contributed by atoms with Crippen LogP contribution in [0.3, 0.4) is 0 Å². The van der Waals surface area contributed by atoms with E-state index >= 15 is 0 Å². The third-order valence-electron chi connectivity index (χ3n) is 11.8. The largest absolute Gasteiger partial charge is 0.309 e. The number of rotatable bonds is 8. The number of hydrogen-bond donors (Lipinski definition) is 0. The lowest BCUT2D eigenvalue weighted by molar-refractivity contribution is 1.18. The molecule has 0 aliphatic carbocycles. The van der Waals surface area contributed by atoms with Gasteiger partial charge < -0.3 is 9.47 Å². The van der Waals surface area contributed by atoms with Gasteiger partial charge in [0.2, 0.25) is 0 Å². The van der Waals surface area contributed by atoms with Crippen molar-refractivity contribution in [2.24, 2.45) is 0 Å². The number of benzene rings is 10. The normalized spacial score (nSPS) is 11.3. The van der Waals surface area contributed by atoms with Crippen LogP contribution in [0.2, 0.25) is 0 Å². The summed E-state index contributed by atoms with van der Waals surface area (Å²) in [5, 5.41) is 4.87. The predicted octanol–water partition coefficient (Wildman–Crippen LogP) is 16.1. The van der Waals surface area contributed by atoms with Crippen LogP contribution < -0.4 is 4.90 Å². The number of aromatic nitrogens is 1. The zero-order valence-corrected chi connectivity index (χ0v) is 33.0. The van der Waals surface area contributed by atoms with Crippen molar-refractivity contribution in [1.82, 2.24) is 4.57 Å². The van der Waals surface area contributed by atoms with Gasteiger partial charge in [0.05, 0.1) is 22.4 Å². The van der Waals surface area contributed by atoms with Gasteiger partial charge in [0.25, 0.3) is 0 Å². The monoisotopic (exact) mass is 764 g/mol. The summed E-state index contributed by atoms with van der Waals surface area (Å²) >= 11 is 0. The maximum absolute atomic E-state index is 2.50. The van der Waals surface area contributed by atoms with Gasteiger partial charge in [-0.05, 0) is 110 Å². The molecule has 0 N–H and O–H groups in total. The summed E-state index contributed by atoms with van der Waals surface area (Å²) in [6.45, 7) is 0. The van der Waals surface area contributed by atoms with E-state index in [-0.39, 0.29) is 0 Å². The van der Waals surface area contributed by atoms with Crippen LogP contribution >= 0.6 is 0 Å². The smallest absolute Gasteiger partial charge is 0.0562 e. The van der Waals surface area contributed by atoms with Crippen LogP contribution in [-0.2, 0) is 0 Å². The first kappa shape index (κ1) is 35.2. The van der Waals surface area contributed by atoms with Crippen LogP contribution in [0.4, 0.5) is 17.1 Å². The highest BCUT2D eigenvalue weighted by atomic mass is 15.2. The third kappa shape index (κ3) is 6.23. The fourth-order valence-corrected chi connectivity index (χ4v) is 8.98. The fraction of sp³-hybridized carbons (Fsp3) is 0. The van der Waals surface area contributed by atoms with E-state index in [1.54, 1.807) is 0 Å². The number of anilines is 3. The number of hydrogen-bond acceptors (Lipinski definition) is 1. The van der Waals surface area contributed by atoms with Crippen LogP contribution in [0.5, 0.6) is 0 Å². The summed E-state index contributed by atoms with van der Waals surface area (Å²) < 4.78 is 2.40. The second-order valence-electron chi connectivity index (χ2n) is 15.3. The molecule has 60 heavy (non-hydrogen) atoms. The van der Waals surface area contributed by atoms with Gasteiger partial charge in [0, 0.05) is 27.7 Å². The van der Waals surface area contributed by atoms with E-state index in [4.69, 9.17) is 0 Å². The van der Waals surface area contributed by atoms with E-state index in [2.05, 4.69) is 252 Å². The van der Waals surface area contributed by atoms with Crippen molar-refractivity contribution in [3.8, 4) is 50.2 Å². The van der Waals surface area contributed by atoms with E-state index in [0.29, 0.717) is 0 Å². The standard InChI is InChI=1S/C58H40N2/c1-5-18-41(19-6-1)46-34-37-55(53(39-46)44-23-9-3-10-24-44)60(57-31-17-30-56-58(57)51-28-15-16-29-54(51)59(56)48-26-11-4-12-27-48)49-35-36-50(52(40-49)43-21-7-2-8-22-43)47-33-32-42-20-13-14-25-45(42)38-47/h1-40H. The summed E-state index contributed by atoms with van der Waals surface area (Å²) in [5.74, 6) is 0.